The van der Waals surface area contributed by atoms with Crippen LogP contribution in [0.15, 0.2) is 83.0 Å². The highest BCUT2D eigenvalue weighted by atomic mass is 16.2. The summed E-state index contributed by atoms with van der Waals surface area (Å²) in [5.74, 6) is -0.361. The molecule has 6 heteroatoms. The number of aromatic amines is 1. The maximum Gasteiger partial charge on any atom is 0.276 e. The molecule has 2 heterocycles. The summed E-state index contributed by atoms with van der Waals surface area (Å²) in [6, 6.07) is 11.4. The SMILES string of the molecule is CC/C(C)=C/C(=N/C(C(=O)Nc1ccc2cc[nH]c2c1)=C(\C)N)c1cccnc1. The van der Waals surface area contributed by atoms with Crippen molar-refractivity contribution in [2.45, 2.75) is 27.2 Å². The molecule has 0 bridgehead atoms. The first-order valence-electron chi connectivity index (χ1n) is 9.49. The fourth-order valence-corrected chi connectivity index (χ4v) is 2.78. The highest BCUT2D eigenvalue weighted by Gasteiger charge is 2.14. The minimum atomic E-state index is -0.361. The summed E-state index contributed by atoms with van der Waals surface area (Å²) in [5.41, 5.74) is 10.8. The summed E-state index contributed by atoms with van der Waals surface area (Å²) in [4.78, 5) is 24.9. The van der Waals surface area contributed by atoms with E-state index in [1.54, 1.807) is 19.3 Å². The topological polar surface area (TPSA) is 96.2 Å². The Morgan fingerprint density at radius 2 is 2.10 bits per heavy atom. The van der Waals surface area contributed by atoms with Crippen LogP contribution in [0.5, 0.6) is 0 Å². The van der Waals surface area contributed by atoms with Gasteiger partial charge in [0.2, 0.25) is 0 Å². The molecule has 0 aliphatic carbocycles. The number of aliphatic imine (C=N–C) groups is 1. The summed E-state index contributed by atoms with van der Waals surface area (Å²) in [5, 5.41) is 3.96. The molecule has 6 nitrogen and oxygen atoms in total. The summed E-state index contributed by atoms with van der Waals surface area (Å²) in [6.07, 6.45) is 8.11. The number of anilines is 1. The lowest BCUT2D eigenvalue weighted by atomic mass is 10.1. The lowest BCUT2D eigenvalue weighted by molar-refractivity contribution is -0.112. The zero-order valence-electron chi connectivity index (χ0n) is 16.9. The number of allylic oxidation sites excluding steroid dienone is 3. The Balaban J connectivity index is 1.96. The molecule has 3 aromatic rings. The average Bonchev–Trinajstić information content (AvgIpc) is 3.19. The van der Waals surface area contributed by atoms with Gasteiger partial charge in [-0.2, -0.15) is 0 Å². The van der Waals surface area contributed by atoms with Crippen LogP contribution in [-0.2, 0) is 4.79 Å². The van der Waals surface area contributed by atoms with Crippen LogP contribution >= 0.6 is 0 Å². The number of carbonyl (C=O) groups is 1. The molecular weight excluding hydrogens is 362 g/mol. The van der Waals surface area contributed by atoms with Crippen LogP contribution in [-0.4, -0.2) is 21.6 Å². The lowest BCUT2D eigenvalue weighted by Gasteiger charge is -2.10. The van der Waals surface area contributed by atoms with Crippen molar-refractivity contribution < 1.29 is 4.79 Å². The minimum Gasteiger partial charge on any atom is -0.400 e. The highest BCUT2D eigenvalue weighted by molar-refractivity contribution is 6.13. The van der Waals surface area contributed by atoms with Crippen LogP contribution in [0.4, 0.5) is 5.69 Å². The number of rotatable bonds is 6. The van der Waals surface area contributed by atoms with Gasteiger partial charge in [0.1, 0.15) is 5.70 Å². The van der Waals surface area contributed by atoms with Crippen molar-refractivity contribution in [3.63, 3.8) is 0 Å². The number of amides is 1. The largest absolute Gasteiger partial charge is 0.400 e. The van der Waals surface area contributed by atoms with Gasteiger partial charge >= 0.3 is 0 Å². The first kappa shape index (κ1) is 20.1. The number of pyridine rings is 1. The molecular formula is C23H25N5O. The van der Waals surface area contributed by atoms with E-state index in [4.69, 9.17) is 5.73 Å². The third kappa shape index (κ3) is 4.99. The molecule has 29 heavy (non-hydrogen) atoms. The van der Waals surface area contributed by atoms with Gasteiger partial charge in [-0.05, 0) is 62.1 Å². The predicted molar refractivity (Wildman–Crippen MR) is 119 cm³/mol. The predicted octanol–water partition coefficient (Wildman–Crippen LogP) is 4.54. The van der Waals surface area contributed by atoms with E-state index in [9.17, 15) is 4.79 Å². The smallest absolute Gasteiger partial charge is 0.276 e. The number of aromatic nitrogens is 2. The number of hydrogen-bond acceptors (Lipinski definition) is 4. The fourth-order valence-electron chi connectivity index (χ4n) is 2.78. The van der Waals surface area contributed by atoms with E-state index in [-0.39, 0.29) is 11.6 Å². The number of benzene rings is 1. The molecule has 0 saturated carbocycles. The lowest BCUT2D eigenvalue weighted by Crippen LogP contribution is -2.18. The van der Waals surface area contributed by atoms with Crippen molar-refractivity contribution in [3.8, 4) is 0 Å². The summed E-state index contributed by atoms with van der Waals surface area (Å²) in [7, 11) is 0. The van der Waals surface area contributed by atoms with Crippen molar-refractivity contribution in [2.75, 3.05) is 5.32 Å². The molecule has 148 valence electrons. The number of nitrogens with two attached hydrogens (primary N) is 1. The number of nitrogens with one attached hydrogen (secondary N) is 2. The monoisotopic (exact) mass is 387 g/mol. The Morgan fingerprint density at radius 1 is 1.28 bits per heavy atom. The third-order valence-corrected chi connectivity index (χ3v) is 4.53. The molecule has 0 saturated heterocycles. The van der Waals surface area contributed by atoms with Gasteiger partial charge in [-0.15, -0.1) is 0 Å². The second-order valence-electron chi connectivity index (χ2n) is 6.85. The van der Waals surface area contributed by atoms with E-state index in [0.717, 1.165) is 28.5 Å². The molecule has 0 fully saturated rings. The van der Waals surface area contributed by atoms with Crippen molar-refractivity contribution in [1.82, 2.24) is 9.97 Å². The van der Waals surface area contributed by atoms with E-state index in [1.165, 1.54) is 0 Å². The quantitative estimate of drug-likeness (QED) is 0.428. The van der Waals surface area contributed by atoms with Gasteiger partial charge in [-0.3, -0.25) is 9.78 Å². The average molecular weight is 387 g/mol. The Hall–Kier alpha value is -3.67. The van der Waals surface area contributed by atoms with Gasteiger partial charge < -0.3 is 16.0 Å². The molecule has 0 aliphatic heterocycles. The number of hydrogen-bond donors (Lipinski definition) is 3. The number of H-pyrrole nitrogens is 1. The van der Waals surface area contributed by atoms with Crippen LogP contribution in [0.3, 0.4) is 0 Å². The van der Waals surface area contributed by atoms with Crippen LogP contribution in [0.1, 0.15) is 32.8 Å². The molecule has 0 spiro atoms. The number of carbonyl (C=O) groups excluding carboxylic acids is 1. The van der Waals surface area contributed by atoms with E-state index in [1.807, 2.05) is 55.6 Å². The Kier molecular flexibility index (Phi) is 6.24. The molecule has 0 radical (unpaired) electrons. The van der Waals surface area contributed by atoms with Crippen molar-refractivity contribution in [1.29, 1.82) is 0 Å². The molecule has 2 aromatic heterocycles. The van der Waals surface area contributed by atoms with Crippen molar-refractivity contribution in [2.24, 2.45) is 10.7 Å². The van der Waals surface area contributed by atoms with E-state index >= 15 is 0 Å². The molecule has 1 aromatic carbocycles. The van der Waals surface area contributed by atoms with Gasteiger partial charge in [0, 0.05) is 41.1 Å². The van der Waals surface area contributed by atoms with E-state index in [2.05, 4.69) is 27.2 Å². The minimum absolute atomic E-state index is 0.176. The Labute approximate surface area is 170 Å². The number of fused-ring (bicyclic) bond motifs is 1. The second kappa shape index (κ2) is 9.01. The van der Waals surface area contributed by atoms with Crippen LogP contribution in [0.2, 0.25) is 0 Å². The first-order valence-corrected chi connectivity index (χ1v) is 9.49. The van der Waals surface area contributed by atoms with Gasteiger partial charge in [-0.1, -0.05) is 18.6 Å². The summed E-state index contributed by atoms with van der Waals surface area (Å²) < 4.78 is 0. The zero-order valence-corrected chi connectivity index (χ0v) is 16.9. The third-order valence-electron chi connectivity index (χ3n) is 4.53. The summed E-state index contributed by atoms with van der Waals surface area (Å²) >= 11 is 0. The van der Waals surface area contributed by atoms with Gasteiger partial charge in [-0.25, -0.2) is 4.99 Å². The van der Waals surface area contributed by atoms with Gasteiger partial charge in [0.05, 0.1) is 5.71 Å². The zero-order chi connectivity index (χ0) is 20.8. The van der Waals surface area contributed by atoms with E-state index in [0.29, 0.717) is 17.1 Å². The first-order chi connectivity index (χ1) is 14.0. The fraction of sp³-hybridized carbons (Fsp3) is 0.174. The molecule has 0 unspecified atom stereocenters. The van der Waals surface area contributed by atoms with Crippen molar-refractivity contribution >= 4 is 28.2 Å². The van der Waals surface area contributed by atoms with Crippen LogP contribution < -0.4 is 11.1 Å². The second-order valence-corrected chi connectivity index (χ2v) is 6.85. The normalized spacial score (nSPS) is 13.3. The molecule has 1 amide bonds. The summed E-state index contributed by atoms with van der Waals surface area (Å²) in [6.45, 7) is 5.77. The highest BCUT2D eigenvalue weighted by Crippen LogP contribution is 2.19. The van der Waals surface area contributed by atoms with Crippen LogP contribution in [0.25, 0.3) is 10.9 Å². The molecule has 0 atom stereocenters. The van der Waals surface area contributed by atoms with E-state index < -0.39 is 0 Å². The van der Waals surface area contributed by atoms with Gasteiger partial charge in [0.25, 0.3) is 5.91 Å². The Morgan fingerprint density at radius 3 is 2.79 bits per heavy atom. The maximum atomic E-state index is 12.9. The van der Waals surface area contributed by atoms with Crippen molar-refractivity contribution in [3.05, 3.63) is 83.6 Å². The molecule has 0 aliphatic rings. The molecule has 4 N–H and O–H groups in total. The standard InChI is InChI=1S/C23H25N5O/c1-4-15(2)12-21(18-6-5-10-25-14-18)28-22(16(3)24)23(29)27-19-8-7-17-9-11-26-20(17)13-19/h5-14,26H,4,24H2,1-3H3,(H,27,29)/b15-12+,22-16+,28-21-. The maximum absolute atomic E-state index is 12.9. The Bertz CT molecular complexity index is 1100. The van der Waals surface area contributed by atoms with Gasteiger partial charge in [0.15, 0.2) is 0 Å². The molecule has 3 rings (SSSR count). The van der Waals surface area contributed by atoms with Crippen LogP contribution in [0, 0.1) is 0 Å². The number of nitrogens with zero attached hydrogens (tertiary/aromatic N) is 2.